The summed E-state index contributed by atoms with van der Waals surface area (Å²) in [6.07, 6.45) is 2.08. The Morgan fingerprint density at radius 2 is 1.46 bits per heavy atom. The number of nitrogens with one attached hydrogen (secondary N) is 3. The first-order valence-electron chi connectivity index (χ1n) is 8.67. The Morgan fingerprint density at radius 3 is 2.07 bits per heavy atom. The van der Waals surface area contributed by atoms with Crippen molar-refractivity contribution < 1.29 is 9.53 Å². The second-order valence-corrected chi connectivity index (χ2v) is 5.94. The normalized spacial score (nSPS) is 10.0. The highest BCUT2D eigenvalue weighted by atomic mass is 16.5. The third-order valence-electron chi connectivity index (χ3n) is 4.06. The summed E-state index contributed by atoms with van der Waals surface area (Å²) in [6.45, 7) is -0.112. The molecule has 6 nitrogen and oxygen atoms in total. The molecule has 0 atom stereocenters. The van der Waals surface area contributed by atoms with Gasteiger partial charge in [-0.3, -0.25) is 20.5 Å². The third kappa shape index (κ3) is 4.82. The smallest absolute Gasteiger partial charge is 0.262 e. The van der Waals surface area contributed by atoms with Gasteiger partial charge in [0.2, 0.25) is 0 Å². The van der Waals surface area contributed by atoms with Gasteiger partial charge in [-0.1, -0.05) is 42.5 Å². The molecular weight excluding hydrogens is 352 g/mol. The Hall–Kier alpha value is -3.93. The van der Waals surface area contributed by atoms with Gasteiger partial charge in [-0.25, -0.2) is 0 Å². The van der Waals surface area contributed by atoms with E-state index in [-0.39, 0.29) is 12.5 Å². The fraction of sp³-hybridized carbons (Fsp3) is 0.0455. The highest BCUT2D eigenvalue weighted by molar-refractivity contribution is 5.97. The number of anilines is 2. The molecule has 0 spiro atoms. The molecule has 0 aliphatic rings. The highest BCUT2D eigenvalue weighted by Crippen LogP contribution is 2.21. The van der Waals surface area contributed by atoms with Crippen LogP contribution < -0.4 is 15.0 Å². The fourth-order valence-corrected chi connectivity index (χ4v) is 2.62. The average Bonchev–Trinajstić information content (AvgIpc) is 2.75. The fourth-order valence-electron chi connectivity index (χ4n) is 2.62. The molecule has 3 rings (SSSR count). The number of hydrogen-bond donors (Lipinski definition) is 3. The van der Waals surface area contributed by atoms with E-state index in [4.69, 9.17) is 15.6 Å². The van der Waals surface area contributed by atoms with Crippen LogP contribution in [0.1, 0.15) is 0 Å². The summed E-state index contributed by atoms with van der Waals surface area (Å²) in [5, 5.41) is 17.3. The van der Waals surface area contributed by atoms with Crippen LogP contribution in [0.5, 0.6) is 5.75 Å². The Morgan fingerprint density at radius 1 is 0.857 bits per heavy atom. The maximum atomic E-state index is 12.1. The van der Waals surface area contributed by atoms with Crippen LogP contribution in [0.15, 0.2) is 78.9 Å². The summed E-state index contributed by atoms with van der Waals surface area (Å²) >= 11 is 0. The van der Waals surface area contributed by atoms with Gasteiger partial charge in [-0.2, -0.15) is 0 Å². The van der Waals surface area contributed by atoms with Crippen molar-refractivity contribution in [3.8, 4) is 16.9 Å². The van der Waals surface area contributed by atoms with E-state index in [0.717, 1.165) is 23.8 Å². The van der Waals surface area contributed by atoms with E-state index >= 15 is 0 Å². The van der Waals surface area contributed by atoms with E-state index in [1.54, 1.807) is 24.3 Å². The predicted octanol–water partition coefficient (Wildman–Crippen LogP) is 4.39. The van der Waals surface area contributed by atoms with Crippen molar-refractivity contribution in [2.45, 2.75) is 0 Å². The maximum Gasteiger partial charge on any atom is 0.262 e. The van der Waals surface area contributed by atoms with Gasteiger partial charge in [0.05, 0.1) is 12.7 Å². The Labute approximate surface area is 163 Å². The number of carbonyl (C=O) groups excluding carboxylic acids is 1. The molecular formula is C22H20N4O2. The molecule has 3 aromatic carbocycles. The zero-order valence-corrected chi connectivity index (χ0v) is 15.1. The number of hydrogen-bond acceptors (Lipinski definition) is 4. The van der Waals surface area contributed by atoms with Crippen molar-refractivity contribution in [3.63, 3.8) is 0 Å². The molecule has 140 valence electrons. The van der Waals surface area contributed by atoms with Gasteiger partial charge in [0, 0.05) is 11.4 Å². The van der Waals surface area contributed by atoms with Crippen molar-refractivity contribution in [3.05, 3.63) is 78.9 Å². The van der Waals surface area contributed by atoms with Gasteiger partial charge in [0.1, 0.15) is 5.75 Å². The average molecular weight is 372 g/mol. The monoisotopic (exact) mass is 372 g/mol. The maximum absolute atomic E-state index is 12.1. The molecule has 0 aliphatic heterocycles. The lowest BCUT2D eigenvalue weighted by molar-refractivity contribution is -0.118. The SMILES string of the molecule is N=CN(C=N)c1ccc(OCC(=O)Nc2ccc(-c3ccccc3)cc2)cc1. The lowest BCUT2D eigenvalue weighted by Gasteiger charge is -2.13. The zero-order valence-electron chi connectivity index (χ0n) is 15.1. The molecule has 3 N–H and O–H groups in total. The molecule has 1 amide bonds. The summed E-state index contributed by atoms with van der Waals surface area (Å²) in [4.78, 5) is 13.4. The van der Waals surface area contributed by atoms with E-state index in [2.05, 4.69) is 5.32 Å². The first kappa shape index (κ1) is 18.8. The molecule has 0 saturated carbocycles. The van der Waals surface area contributed by atoms with Crippen LogP contribution in [-0.4, -0.2) is 25.2 Å². The van der Waals surface area contributed by atoms with Crippen molar-refractivity contribution >= 4 is 30.0 Å². The molecule has 0 aromatic heterocycles. The standard InChI is InChI=1S/C22H20N4O2/c23-15-26(16-24)20-10-12-21(13-11-20)28-14-22(27)25-19-8-6-18(7-9-19)17-4-2-1-3-5-17/h1-13,15-16,23-24H,14H2,(H,25,27). The Balaban J connectivity index is 1.53. The van der Waals surface area contributed by atoms with Crippen LogP contribution in [0.4, 0.5) is 11.4 Å². The lowest BCUT2D eigenvalue weighted by atomic mass is 10.1. The Bertz CT molecular complexity index is 931. The lowest BCUT2D eigenvalue weighted by Crippen LogP contribution is -2.20. The molecule has 0 heterocycles. The van der Waals surface area contributed by atoms with Crippen molar-refractivity contribution in [2.75, 3.05) is 16.8 Å². The molecule has 0 radical (unpaired) electrons. The van der Waals surface area contributed by atoms with Crippen LogP contribution in [0.25, 0.3) is 11.1 Å². The van der Waals surface area contributed by atoms with Crippen LogP contribution in [0.2, 0.25) is 0 Å². The van der Waals surface area contributed by atoms with Crippen LogP contribution in [0, 0.1) is 10.8 Å². The highest BCUT2D eigenvalue weighted by Gasteiger charge is 2.06. The molecule has 0 aliphatic carbocycles. The number of rotatable bonds is 8. The number of nitrogens with zero attached hydrogens (tertiary/aromatic N) is 1. The molecule has 6 heteroatoms. The second-order valence-electron chi connectivity index (χ2n) is 5.94. The second kappa shape index (κ2) is 9.14. The molecule has 3 aromatic rings. The summed E-state index contributed by atoms with van der Waals surface area (Å²) in [5.74, 6) is 0.283. The van der Waals surface area contributed by atoms with Crippen molar-refractivity contribution in [2.24, 2.45) is 0 Å². The Kier molecular flexibility index (Phi) is 6.15. The van der Waals surface area contributed by atoms with E-state index in [0.29, 0.717) is 17.1 Å². The van der Waals surface area contributed by atoms with E-state index in [1.807, 2.05) is 54.6 Å². The minimum Gasteiger partial charge on any atom is -0.484 e. The van der Waals surface area contributed by atoms with Crippen LogP contribution in [-0.2, 0) is 4.79 Å². The van der Waals surface area contributed by atoms with Gasteiger partial charge in [0.25, 0.3) is 5.91 Å². The molecule has 0 unspecified atom stereocenters. The molecule has 0 fully saturated rings. The third-order valence-corrected chi connectivity index (χ3v) is 4.06. The zero-order chi connectivity index (χ0) is 19.8. The summed E-state index contributed by atoms with van der Waals surface area (Å²) < 4.78 is 5.49. The quantitative estimate of drug-likeness (QED) is 0.405. The molecule has 0 bridgehead atoms. The van der Waals surface area contributed by atoms with Gasteiger partial charge in [0.15, 0.2) is 6.61 Å². The topological polar surface area (TPSA) is 89.3 Å². The number of ether oxygens (including phenoxy) is 1. The predicted molar refractivity (Wildman–Crippen MR) is 112 cm³/mol. The van der Waals surface area contributed by atoms with E-state index in [1.165, 1.54) is 4.90 Å². The van der Waals surface area contributed by atoms with Crippen molar-refractivity contribution in [1.29, 1.82) is 10.8 Å². The van der Waals surface area contributed by atoms with Crippen molar-refractivity contribution in [1.82, 2.24) is 0 Å². The molecule has 28 heavy (non-hydrogen) atoms. The minimum atomic E-state index is -0.253. The first-order valence-corrected chi connectivity index (χ1v) is 8.67. The summed E-state index contributed by atoms with van der Waals surface area (Å²) in [7, 11) is 0. The molecule has 0 saturated heterocycles. The van der Waals surface area contributed by atoms with Crippen LogP contribution in [0.3, 0.4) is 0 Å². The number of amides is 1. The number of benzene rings is 3. The summed E-state index contributed by atoms with van der Waals surface area (Å²) in [6, 6.07) is 24.5. The van der Waals surface area contributed by atoms with Crippen LogP contribution >= 0.6 is 0 Å². The van der Waals surface area contributed by atoms with E-state index in [9.17, 15) is 4.79 Å². The van der Waals surface area contributed by atoms with E-state index < -0.39 is 0 Å². The largest absolute Gasteiger partial charge is 0.484 e. The van der Waals surface area contributed by atoms with Gasteiger partial charge >= 0.3 is 0 Å². The van der Waals surface area contributed by atoms with Gasteiger partial charge in [-0.05, 0) is 47.5 Å². The minimum absolute atomic E-state index is 0.112. The number of carbonyl (C=O) groups is 1. The van der Waals surface area contributed by atoms with Gasteiger partial charge < -0.3 is 10.1 Å². The first-order chi connectivity index (χ1) is 13.7. The summed E-state index contributed by atoms with van der Waals surface area (Å²) in [5.41, 5.74) is 3.58. The van der Waals surface area contributed by atoms with Gasteiger partial charge in [-0.15, -0.1) is 0 Å².